The minimum atomic E-state index is -3.02. The topological polar surface area (TPSA) is 67.9 Å². The van der Waals surface area contributed by atoms with E-state index in [1.807, 2.05) is 0 Å². The van der Waals surface area contributed by atoms with E-state index in [9.17, 15) is 8.42 Å². The van der Waals surface area contributed by atoms with Crippen LogP contribution in [0.25, 0.3) is 0 Å². The van der Waals surface area contributed by atoms with Gasteiger partial charge in [-0.3, -0.25) is 0 Å². The maximum atomic E-state index is 11.3. The van der Waals surface area contributed by atoms with Crippen LogP contribution in [-0.2, 0) is 19.5 Å². The summed E-state index contributed by atoms with van der Waals surface area (Å²) in [6.07, 6.45) is 3.00. The zero-order valence-electron chi connectivity index (χ0n) is 11.2. The molecule has 1 aliphatic rings. The number of hydrogen-bond acceptors (Lipinski definition) is 5. The van der Waals surface area contributed by atoms with E-state index in [0.29, 0.717) is 39.0 Å². The first-order valence-electron chi connectivity index (χ1n) is 6.29. The van der Waals surface area contributed by atoms with Crippen molar-refractivity contribution in [1.82, 2.24) is 9.62 Å². The molecule has 6 nitrogen and oxygen atoms in total. The van der Waals surface area contributed by atoms with Gasteiger partial charge in [0, 0.05) is 32.8 Å². The first kappa shape index (κ1) is 15.8. The Morgan fingerprint density at radius 1 is 1.22 bits per heavy atom. The van der Waals surface area contributed by atoms with E-state index in [1.54, 1.807) is 11.4 Å². The zero-order valence-corrected chi connectivity index (χ0v) is 12.0. The van der Waals surface area contributed by atoms with E-state index in [4.69, 9.17) is 9.47 Å². The maximum absolute atomic E-state index is 11.3. The van der Waals surface area contributed by atoms with Crippen molar-refractivity contribution in [2.24, 2.45) is 0 Å². The normalized spacial score (nSPS) is 19.2. The van der Waals surface area contributed by atoms with Crippen molar-refractivity contribution in [3.8, 4) is 0 Å². The summed E-state index contributed by atoms with van der Waals surface area (Å²) in [5, 5.41) is 3.38. The number of nitrogens with one attached hydrogen (secondary N) is 1. The van der Waals surface area contributed by atoms with E-state index in [2.05, 4.69) is 5.32 Å². The van der Waals surface area contributed by atoms with Gasteiger partial charge >= 0.3 is 0 Å². The molecule has 1 N–H and O–H groups in total. The van der Waals surface area contributed by atoms with Crippen LogP contribution in [0.3, 0.4) is 0 Å². The smallest absolute Gasteiger partial charge is 0.211 e. The van der Waals surface area contributed by atoms with Crippen molar-refractivity contribution >= 4 is 10.0 Å². The number of sulfonamides is 1. The number of piperidine rings is 1. The van der Waals surface area contributed by atoms with Crippen LogP contribution >= 0.6 is 0 Å². The third-order valence-electron chi connectivity index (χ3n) is 3.03. The van der Waals surface area contributed by atoms with Crippen LogP contribution < -0.4 is 5.32 Å². The van der Waals surface area contributed by atoms with Gasteiger partial charge in [-0.25, -0.2) is 12.7 Å². The van der Waals surface area contributed by atoms with E-state index < -0.39 is 10.0 Å². The van der Waals surface area contributed by atoms with Crippen molar-refractivity contribution in [3.63, 3.8) is 0 Å². The van der Waals surface area contributed by atoms with E-state index in [-0.39, 0.29) is 0 Å². The molecule has 0 aromatic rings. The van der Waals surface area contributed by atoms with Crippen LogP contribution in [0.5, 0.6) is 0 Å². The largest absolute Gasteiger partial charge is 0.382 e. The van der Waals surface area contributed by atoms with Crippen molar-refractivity contribution in [2.75, 3.05) is 52.8 Å². The number of rotatable bonds is 8. The Morgan fingerprint density at radius 2 is 1.89 bits per heavy atom. The van der Waals surface area contributed by atoms with Gasteiger partial charge in [0.05, 0.1) is 26.1 Å². The fraction of sp³-hybridized carbons (Fsp3) is 1.00. The molecule has 0 radical (unpaired) electrons. The molecule has 0 amide bonds. The van der Waals surface area contributed by atoms with Gasteiger partial charge in [0.1, 0.15) is 0 Å². The monoisotopic (exact) mass is 280 g/mol. The lowest BCUT2D eigenvalue weighted by molar-refractivity contribution is 0.0703. The van der Waals surface area contributed by atoms with E-state index in [0.717, 1.165) is 19.4 Å². The van der Waals surface area contributed by atoms with Crippen LogP contribution in [0.4, 0.5) is 0 Å². The Hall–Kier alpha value is -0.210. The van der Waals surface area contributed by atoms with Crippen molar-refractivity contribution in [3.05, 3.63) is 0 Å². The second-order valence-electron chi connectivity index (χ2n) is 4.50. The summed E-state index contributed by atoms with van der Waals surface area (Å²) in [6, 6.07) is 0.397. The fourth-order valence-electron chi connectivity index (χ4n) is 1.97. The number of ether oxygens (including phenoxy) is 2. The summed E-state index contributed by atoms with van der Waals surface area (Å²) >= 11 is 0. The zero-order chi connectivity index (χ0) is 13.4. The molecule has 1 aliphatic heterocycles. The summed E-state index contributed by atoms with van der Waals surface area (Å²) in [7, 11) is -1.37. The number of nitrogens with zero attached hydrogens (tertiary/aromatic N) is 1. The highest BCUT2D eigenvalue weighted by molar-refractivity contribution is 7.88. The van der Waals surface area contributed by atoms with Crippen LogP contribution in [0.2, 0.25) is 0 Å². The highest BCUT2D eigenvalue weighted by Crippen LogP contribution is 2.12. The SMILES string of the molecule is COCCOCCNC1CCN(S(C)(=O)=O)CC1. The molecule has 108 valence electrons. The van der Waals surface area contributed by atoms with Gasteiger partial charge in [-0.15, -0.1) is 0 Å². The summed E-state index contributed by atoms with van der Waals surface area (Å²) in [4.78, 5) is 0. The van der Waals surface area contributed by atoms with Gasteiger partial charge in [0.2, 0.25) is 10.0 Å². The maximum Gasteiger partial charge on any atom is 0.211 e. The molecule has 1 saturated heterocycles. The lowest BCUT2D eigenvalue weighted by atomic mass is 10.1. The molecular formula is C11H24N2O4S. The van der Waals surface area contributed by atoms with E-state index >= 15 is 0 Å². The van der Waals surface area contributed by atoms with E-state index in [1.165, 1.54) is 6.26 Å². The number of methoxy groups -OCH3 is 1. The Balaban J connectivity index is 2.06. The molecular weight excluding hydrogens is 256 g/mol. The van der Waals surface area contributed by atoms with Gasteiger partial charge in [-0.1, -0.05) is 0 Å². The number of hydrogen-bond donors (Lipinski definition) is 1. The molecule has 7 heteroatoms. The summed E-state index contributed by atoms with van der Waals surface area (Å²) < 4.78 is 34.4. The molecule has 0 unspecified atom stereocenters. The average molecular weight is 280 g/mol. The quantitative estimate of drug-likeness (QED) is 0.616. The molecule has 0 saturated carbocycles. The van der Waals surface area contributed by atoms with Gasteiger partial charge < -0.3 is 14.8 Å². The van der Waals surface area contributed by atoms with Crippen molar-refractivity contribution in [1.29, 1.82) is 0 Å². The second-order valence-corrected chi connectivity index (χ2v) is 6.48. The minimum Gasteiger partial charge on any atom is -0.382 e. The third-order valence-corrected chi connectivity index (χ3v) is 4.34. The highest BCUT2D eigenvalue weighted by Gasteiger charge is 2.24. The Labute approximate surface area is 110 Å². The van der Waals surface area contributed by atoms with Gasteiger partial charge in [0.25, 0.3) is 0 Å². The fourth-order valence-corrected chi connectivity index (χ4v) is 2.85. The summed E-state index contributed by atoms with van der Waals surface area (Å²) in [5.41, 5.74) is 0. The van der Waals surface area contributed by atoms with Crippen molar-refractivity contribution < 1.29 is 17.9 Å². The molecule has 0 bridgehead atoms. The van der Waals surface area contributed by atoms with Crippen LogP contribution in [-0.4, -0.2) is 71.6 Å². The molecule has 1 rings (SSSR count). The molecule has 0 aromatic carbocycles. The molecule has 1 fully saturated rings. The molecule has 18 heavy (non-hydrogen) atoms. The molecule has 0 atom stereocenters. The van der Waals surface area contributed by atoms with Gasteiger partial charge in [0.15, 0.2) is 0 Å². The van der Waals surface area contributed by atoms with Gasteiger partial charge in [-0.05, 0) is 12.8 Å². The molecule has 0 spiro atoms. The summed E-state index contributed by atoms with van der Waals surface area (Å²) in [5.74, 6) is 0. The lowest BCUT2D eigenvalue weighted by Gasteiger charge is -2.30. The first-order chi connectivity index (χ1) is 8.54. The Bertz CT molecular complexity index is 313. The standard InChI is InChI=1S/C11H24N2O4S/c1-16-9-10-17-8-5-12-11-3-6-13(7-4-11)18(2,14)15/h11-12H,3-10H2,1-2H3. The predicted molar refractivity (Wildman–Crippen MR) is 70.1 cm³/mol. The lowest BCUT2D eigenvalue weighted by Crippen LogP contribution is -2.45. The average Bonchev–Trinajstić information content (AvgIpc) is 2.33. The van der Waals surface area contributed by atoms with Gasteiger partial charge in [-0.2, -0.15) is 0 Å². The highest BCUT2D eigenvalue weighted by atomic mass is 32.2. The first-order valence-corrected chi connectivity index (χ1v) is 8.14. The predicted octanol–water partition coefficient (Wildman–Crippen LogP) is -0.337. The second kappa shape index (κ2) is 8.06. The van der Waals surface area contributed by atoms with Crippen LogP contribution in [0, 0.1) is 0 Å². The van der Waals surface area contributed by atoms with Crippen LogP contribution in [0.15, 0.2) is 0 Å². The minimum absolute atomic E-state index is 0.397. The summed E-state index contributed by atoms with van der Waals surface area (Å²) in [6.45, 7) is 3.92. The van der Waals surface area contributed by atoms with Crippen LogP contribution in [0.1, 0.15) is 12.8 Å². The molecule has 1 heterocycles. The third kappa shape index (κ3) is 6.10. The molecule has 0 aliphatic carbocycles. The van der Waals surface area contributed by atoms with Crippen molar-refractivity contribution in [2.45, 2.75) is 18.9 Å². The Morgan fingerprint density at radius 3 is 2.44 bits per heavy atom. The Kier molecular flexibility index (Phi) is 7.10. The molecule has 0 aromatic heterocycles.